The summed E-state index contributed by atoms with van der Waals surface area (Å²) in [7, 11) is 0. The lowest BCUT2D eigenvalue weighted by molar-refractivity contribution is -0.114. The summed E-state index contributed by atoms with van der Waals surface area (Å²) < 4.78 is 0. The summed E-state index contributed by atoms with van der Waals surface area (Å²) >= 11 is 1.29. The number of carbonyl (C=O) groups excluding carboxylic acids is 2. The Morgan fingerprint density at radius 3 is 2.33 bits per heavy atom. The molecule has 0 N–H and O–H groups in total. The Morgan fingerprint density at radius 1 is 1.10 bits per heavy atom. The summed E-state index contributed by atoms with van der Waals surface area (Å²) in [5.41, 5.74) is 3.93. The second-order valence-corrected chi connectivity index (χ2v) is 8.26. The van der Waals surface area contributed by atoms with Gasteiger partial charge in [-0.1, -0.05) is 61.5 Å². The zero-order chi connectivity index (χ0) is 21.7. The number of nitrogens with zero attached hydrogens (tertiary/aromatic N) is 2. The number of aliphatic imine (C=N–C) groups is 1. The molecular formula is C25H24N2O2S. The van der Waals surface area contributed by atoms with Gasteiger partial charge in [-0.25, -0.2) is 4.99 Å². The molecule has 2 aromatic carbocycles. The van der Waals surface area contributed by atoms with Gasteiger partial charge in [-0.15, -0.1) is 11.8 Å². The highest BCUT2D eigenvalue weighted by Crippen LogP contribution is 2.41. The van der Waals surface area contributed by atoms with Crippen molar-refractivity contribution in [2.24, 2.45) is 10.9 Å². The molecule has 2 aromatic rings. The van der Waals surface area contributed by atoms with Gasteiger partial charge in [-0.2, -0.15) is 5.26 Å². The quantitative estimate of drug-likeness (QED) is 0.594. The lowest BCUT2D eigenvalue weighted by Gasteiger charge is -2.29. The molecule has 0 saturated carbocycles. The number of aryl methyl sites for hydroxylation is 1. The molecule has 1 unspecified atom stereocenters. The van der Waals surface area contributed by atoms with E-state index in [0.29, 0.717) is 21.9 Å². The van der Waals surface area contributed by atoms with E-state index in [4.69, 9.17) is 0 Å². The van der Waals surface area contributed by atoms with Gasteiger partial charge in [-0.05, 0) is 31.4 Å². The number of Topliss-reactive ketones (excluding diaryl/α,β-unsaturated/α-hetero) is 2. The second-order valence-electron chi connectivity index (χ2n) is 7.26. The first-order chi connectivity index (χ1) is 14.5. The van der Waals surface area contributed by atoms with Crippen LogP contribution < -0.4 is 0 Å². The molecule has 2 atom stereocenters. The van der Waals surface area contributed by atoms with Gasteiger partial charge in [0.2, 0.25) is 0 Å². The van der Waals surface area contributed by atoms with Crippen molar-refractivity contribution in [3.8, 4) is 6.07 Å². The fraction of sp³-hybridized carbons (Fsp3) is 0.280. The van der Waals surface area contributed by atoms with Crippen LogP contribution in [0, 0.1) is 17.2 Å². The molecule has 0 aliphatic carbocycles. The van der Waals surface area contributed by atoms with Crippen molar-refractivity contribution in [1.82, 2.24) is 0 Å². The molecule has 1 heterocycles. The van der Waals surface area contributed by atoms with E-state index in [-0.39, 0.29) is 23.2 Å². The lowest BCUT2D eigenvalue weighted by atomic mass is 9.78. The van der Waals surface area contributed by atoms with Crippen LogP contribution >= 0.6 is 11.8 Å². The van der Waals surface area contributed by atoms with E-state index in [2.05, 4.69) is 18.0 Å². The number of rotatable bonds is 6. The Hall–Kier alpha value is -2.97. The van der Waals surface area contributed by atoms with Gasteiger partial charge >= 0.3 is 0 Å². The standard InChI is InChI=1S/C25H24N2O2S/c1-4-18-10-12-19(13-11-18)22(29)15-30-25-21(14-26)24(20-8-6-5-7-9-20)23(17(3)28)16(2)27-25/h5-13,21,24H,4,15H2,1-3H3/t21?,24-/m0/s1. The smallest absolute Gasteiger partial charge is 0.173 e. The maximum atomic E-state index is 12.7. The van der Waals surface area contributed by atoms with E-state index < -0.39 is 5.92 Å². The highest BCUT2D eigenvalue weighted by atomic mass is 32.2. The third-order valence-corrected chi connectivity index (χ3v) is 6.34. The Labute approximate surface area is 181 Å². The van der Waals surface area contributed by atoms with Crippen molar-refractivity contribution >= 4 is 28.4 Å². The Morgan fingerprint density at radius 2 is 1.77 bits per heavy atom. The van der Waals surface area contributed by atoms with Crippen molar-refractivity contribution in [1.29, 1.82) is 5.26 Å². The van der Waals surface area contributed by atoms with Crippen molar-refractivity contribution < 1.29 is 9.59 Å². The maximum absolute atomic E-state index is 12.7. The van der Waals surface area contributed by atoms with Crippen LogP contribution in [-0.2, 0) is 11.2 Å². The SMILES string of the molecule is CCc1ccc(C(=O)CSC2=NC(C)=C(C(C)=O)[C@@H](c3ccccc3)C2C#N)cc1. The summed E-state index contributed by atoms with van der Waals surface area (Å²) in [6.07, 6.45) is 0.925. The molecule has 0 radical (unpaired) electrons. The van der Waals surface area contributed by atoms with E-state index in [1.807, 2.05) is 54.6 Å². The highest BCUT2D eigenvalue weighted by molar-refractivity contribution is 8.14. The molecule has 1 aliphatic rings. The molecular weight excluding hydrogens is 392 g/mol. The molecule has 30 heavy (non-hydrogen) atoms. The van der Waals surface area contributed by atoms with E-state index >= 15 is 0 Å². The minimum atomic E-state index is -0.602. The molecule has 4 nitrogen and oxygen atoms in total. The third-order valence-electron chi connectivity index (χ3n) is 5.29. The van der Waals surface area contributed by atoms with Crippen LogP contribution in [0.5, 0.6) is 0 Å². The number of ketones is 2. The molecule has 0 fully saturated rings. The highest BCUT2D eigenvalue weighted by Gasteiger charge is 2.37. The van der Waals surface area contributed by atoms with Crippen molar-refractivity contribution in [2.45, 2.75) is 33.1 Å². The zero-order valence-corrected chi connectivity index (χ0v) is 18.2. The predicted octanol–water partition coefficient (Wildman–Crippen LogP) is 5.36. The Kier molecular flexibility index (Phi) is 7.02. The number of hydrogen-bond acceptors (Lipinski definition) is 5. The molecule has 1 aliphatic heterocycles. The van der Waals surface area contributed by atoms with Gasteiger partial charge in [0.1, 0.15) is 5.92 Å². The normalized spacial score (nSPS) is 18.5. The fourth-order valence-corrected chi connectivity index (χ4v) is 4.74. The summed E-state index contributed by atoms with van der Waals surface area (Å²) in [6.45, 7) is 5.39. The van der Waals surface area contributed by atoms with Crippen molar-refractivity contribution in [2.75, 3.05) is 5.75 Å². The first kappa shape index (κ1) is 21.7. The number of thioether (sulfide) groups is 1. The fourth-order valence-electron chi connectivity index (χ4n) is 3.72. The molecule has 0 spiro atoms. The molecule has 5 heteroatoms. The Balaban J connectivity index is 1.88. The van der Waals surface area contributed by atoms with Crippen LogP contribution in [0.2, 0.25) is 0 Å². The van der Waals surface area contributed by atoms with Crippen molar-refractivity contribution in [3.05, 3.63) is 82.6 Å². The van der Waals surface area contributed by atoms with E-state index in [0.717, 1.165) is 12.0 Å². The molecule has 0 amide bonds. The molecule has 0 bridgehead atoms. The van der Waals surface area contributed by atoms with Crippen LogP contribution in [0.3, 0.4) is 0 Å². The average molecular weight is 417 g/mol. The van der Waals surface area contributed by atoms with E-state index in [1.165, 1.54) is 24.2 Å². The molecule has 0 saturated heterocycles. The van der Waals surface area contributed by atoms with Crippen LogP contribution in [0.25, 0.3) is 0 Å². The number of nitriles is 1. The summed E-state index contributed by atoms with van der Waals surface area (Å²) in [4.78, 5) is 29.6. The molecule has 3 rings (SSSR count). The number of benzene rings is 2. The maximum Gasteiger partial charge on any atom is 0.173 e. The predicted molar refractivity (Wildman–Crippen MR) is 122 cm³/mol. The number of hydrogen-bond donors (Lipinski definition) is 0. The van der Waals surface area contributed by atoms with Gasteiger partial charge in [0, 0.05) is 22.8 Å². The van der Waals surface area contributed by atoms with Crippen LogP contribution in [0.4, 0.5) is 0 Å². The second kappa shape index (κ2) is 9.69. The van der Waals surface area contributed by atoms with Crippen LogP contribution in [0.15, 0.2) is 70.9 Å². The van der Waals surface area contributed by atoms with Gasteiger partial charge in [0.25, 0.3) is 0 Å². The first-order valence-electron chi connectivity index (χ1n) is 9.96. The van der Waals surface area contributed by atoms with Gasteiger partial charge in [-0.3, -0.25) is 9.59 Å². The molecule has 0 aromatic heterocycles. The van der Waals surface area contributed by atoms with E-state index in [9.17, 15) is 14.9 Å². The topological polar surface area (TPSA) is 70.3 Å². The zero-order valence-electron chi connectivity index (χ0n) is 17.4. The minimum Gasteiger partial charge on any atom is -0.295 e. The van der Waals surface area contributed by atoms with Gasteiger partial charge in [0.05, 0.1) is 16.9 Å². The third kappa shape index (κ3) is 4.60. The van der Waals surface area contributed by atoms with Crippen LogP contribution in [0.1, 0.15) is 48.2 Å². The number of allylic oxidation sites excluding steroid dienone is 2. The van der Waals surface area contributed by atoms with E-state index in [1.54, 1.807) is 6.92 Å². The van der Waals surface area contributed by atoms with Crippen LogP contribution in [-0.4, -0.2) is 22.4 Å². The molecule has 152 valence electrons. The Bertz CT molecular complexity index is 1050. The number of carbonyl (C=O) groups is 2. The summed E-state index contributed by atoms with van der Waals surface area (Å²) in [5.74, 6) is -0.867. The summed E-state index contributed by atoms with van der Waals surface area (Å²) in [6, 6.07) is 19.5. The van der Waals surface area contributed by atoms with Gasteiger partial charge < -0.3 is 0 Å². The van der Waals surface area contributed by atoms with Gasteiger partial charge in [0.15, 0.2) is 11.6 Å². The largest absolute Gasteiger partial charge is 0.295 e. The monoisotopic (exact) mass is 416 g/mol. The summed E-state index contributed by atoms with van der Waals surface area (Å²) in [5, 5.41) is 10.5. The first-order valence-corrected chi connectivity index (χ1v) is 10.9. The average Bonchev–Trinajstić information content (AvgIpc) is 2.77. The minimum absolute atomic E-state index is 0.00250. The van der Waals surface area contributed by atoms with Crippen molar-refractivity contribution in [3.63, 3.8) is 0 Å². The lowest BCUT2D eigenvalue weighted by Crippen LogP contribution is -2.28.